The monoisotopic (exact) mass is 817 g/mol. The Labute approximate surface area is 346 Å². The van der Waals surface area contributed by atoms with Gasteiger partial charge in [0.15, 0.2) is 6.10 Å². The van der Waals surface area contributed by atoms with E-state index in [1.165, 1.54) is 141 Å². The van der Waals surface area contributed by atoms with Gasteiger partial charge in [0.25, 0.3) is 0 Å². The van der Waals surface area contributed by atoms with Gasteiger partial charge >= 0.3 is 19.8 Å². The lowest BCUT2D eigenvalue weighted by molar-refractivity contribution is -0.870. The third-order valence-electron chi connectivity index (χ3n) is 10.3. The van der Waals surface area contributed by atoms with E-state index in [0.29, 0.717) is 23.9 Å². The Morgan fingerprint density at radius 3 is 1.32 bits per heavy atom. The van der Waals surface area contributed by atoms with Crippen molar-refractivity contribution in [2.24, 2.45) is 0 Å². The molecule has 0 rings (SSSR count). The summed E-state index contributed by atoms with van der Waals surface area (Å²) in [5.41, 5.74) is 0. The van der Waals surface area contributed by atoms with Crippen molar-refractivity contribution in [2.75, 3.05) is 47.5 Å². The molecule has 332 valence electrons. The zero-order chi connectivity index (χ0) is 41.4. The second-order valence-electron chi connectivity index (χ2n) is 17.1. The number of nitrogens with zero attached hydrogens (tertiary/aromatic N) is 1. The highest BCUT2D eigenvalue weighted by atomic mass is 31.2. The number of hydrogen-bond donors (Lipinski definition) is 1. The zero-order valence-electron chi connectivity index (χ0n) is 37.4. The van der Waals surface area contributed by atoms with E-state index in [2.05, 4.69) is 26.0 Å². The third-order valence-corrected chi connectivity index (χ3v) is 11.3. The molecule has 9 nitrogen and oxygen atoms in total. The number of likely N-dealkylation sites (N-methyl/N-ethyl adjacent to an activating group) is 1. The Bertz CT molecular complexity index is 969. The molecule has 0 bridgehead atoms. The molecule has 0 aliphatic carbocycles. The summed E-state index contributed by atoms with van der Waals surface area (Å²) in [7, 11) is 1.48. The van der Waals surface area contributed by atoms with Crippen LogP contribution in [0.15, 0.2) is 12.2 Å². The molecule has 0 radical (unpaired) electrons. The molecule has 0 spiro atoms. The van der Waals surface area contributed by atoms with Crippen molar-refractivity contribution >= 4 is 19.8 Å². The van der Waals surface area contributed by atoms with Gasteiger partial charge in [0.05, 0.1) is 27.7 Å². The summed E-state index contributed by atoms with van der Waals surface area (Å²) < 4.78 is 34.4. The minimum Gasteiger partial charge on any atom is -0.462 e. The number of esters is 2. The first-order chi connectivity index (χ1) is 27.0. The fourth-order valence-corrected chi connectivity index (χ4v) is 7.34. The van der Waals surface area contributed by atoms with E-state index in [4.69, 9.17) is 18.5 Å². The average molecular weight is 817 g/mol. The van der Waals surface area contributed by atoms with Crippen LogP contribution in [0.5, 0.6) is 0 Å². The Kier molecular flexibility index (Phi) is 38.3. The van der Waals surface area contributed by atoms with Crippen molar-refractivity contribution in [3.8, 4) is 0 Å². The van der Waals surface area contributed by atoms with Crippen LogP contribution < -0.4 is 0 Å². The van der Waals surface area contributed by atoms with Crippen molar-refractivity contribution < 1.29 is 42.1 Å². The van der Waals surface area contributed by atoms with Gasteiger partial charge in [0, 0.05) is 12.8 Å². The first-order valence-electron chi connectivity index (χ1n) is 23.4. The Balaban J connectivity index is 4.30. The summed E-state index contributed by atoms with van der Waals surface area (Å²) in [6.45, 7) is 4.44. The summed E-state index contributed by atoms with van der Waals surface area (Å²) in [5, 5.41) is 0. The predicted molar refractivity (Wildman–Crippen MR) is 234 cm³/mol. The molecule has 0 heterocycles. The van der Waals surface area contributed by atoms with Crippen LogP contribution in [0.2, 0.25) is 0 Å². The maximum Gasteiger partial charge on any atom is 0.472 e. The molecule has 0 aromatic rings. The molecule has 0 saturated heterocycles. The number of carbonyl (C=O) groups is 2. The SMILES string of the molecule is CCCCCCCC/C=C/CCCCCCCCCC(=O)O[C@H](COC(=O)CCCCCCCCCCCCCCCCC)COP(=O)(O)OCC[N+](C)(C)C. The van der Waals surface area contributed by atoms with Gasteiger partial charge in [0.2, 0.25) is 0 Å². The quantitative estimate of drug-likeness (QED) is 0.0213. The van der Waals surface area contributed by atoms with Crippen molar-refractivity contribution in [1.29, 1.82) is 0 Å². The van der Waals surface area contributed by atoms with Crippen molar-refractivity contribution in [3.05, 3.63) is 12.2 Å². The lowest BCUT2D eigenvalue weighted by Gasteiger charge is -2.24. The largest absolute Gasteiger partial charge is 0.472 e. The molecule has 1 N–H and O–H groups in total. The normalized spacial score (nSPS) is 13.6. The minimum atomic E-state index is -4.37. The molecule has 2 atom stereocenters. The molecular formula is C46H91NO8P+. The highest BCUT2D eigenvalue weighted by Gasteiger charge is 2.27. The van der Waals surface area contributed by atoms with Gasteiger partial charge in [-0.3, -0.25) is 18.6 Å². The number of allylic oxidation sites excluding steroid dienone is 2. The molecule has 10 heteroatoms. The fraction of sp³-hybridized carbons (Fsp3) is 0.913. The van der Waals surface area contributed by atoms with Crippen LogP contribution >= 0.6 is 7.82 Å². The first kappa shape index (κ1) is 54.8. The molecule has 0 aliphatic rings. The number of carbonyl (C=O) groups excluding carboxylic acids is 2. The van der Waals surface area contributed by atoms with Crippen LogP contribution in [0, 0.1) is 0 Å². The van der Waals surface area contributed by atoms with Crippen LogP contribution in [0.1, 0.15) is 219 Å². The van der Waals surface area contributed by atoms with Crippen LogP contribution in [-0.4, -0.2) is 74.9 Å². The summed E-state index contributed by atoms with van der Waals surface area (Å²) in [4.78, 5) is 35.4. The van der Waals surface area contributed by atoms with E-state index in [-0.39, 0.29) is 25.6 Å². The van der Waals surface area contributed by atoms with E-state index in [1.54, 1.807) is 0 Å². The van der Waals surface area contributed by atoms with E-state index in [9.17, 15) is 19.0 Å². The van der Waals surface area contributed by atoms with Crippen molar-refractivity contribution in [2.45, 2.75) is 225 Å². The van der Waals surface area contributed by atoms with E-state index in [1.807, 2.05) is 21.1 Å². The first-order valence-corrected chi connectivity index (χ1v) is 24.9. The van der Waals surface area contributed by atoms with E-state index in [0.717, 1.165) is 44.9 Å². The highest BCUT2D eigenvalue weighted by Crippen LogP contribution is 2.43. The summed E-state index contributed by atoms with van der Waals surface area (Å²) >= 11 is 0. The van der Waals surface area contributed by atoms with Crippen LogP contribution in [0.25, 0.3) is 0 Å². The van der Waals surface area contributed by atoms with Gasteiger partial charge in [-0.15, -0.1) is 0 Å². The third kappa shape index (κ3) is 42.4. The molecule has 56 heavy (non-hydrogen) atoms. The highest BCUT2D eigenvalue weighted by molar-refractivity contribution is 7.47. The fourth-order valence-electron chi connectivity index (χ4n) is 6.60. The smallest absolute Gasteiger partial charge is 0.462 e. The standard InChI is InChI=1S/C46H90NO8P/c1-6-8-10-12-14-16-18-20-22-23-25-27-29-31-33-35-37-39-46(49)55-44(43-54-56(50,51)53-41-40-47(3,4)5)42-52-45(48)38-36-34-32-30-28-26-24-21-19-17-15-13-11-9-7-2/h20,22,44H,6-19,21,23-43H2,1-5H3/p+1/b22-20+/t44-/m1/s1. The topological polar surface area (TPSA) is 108 Å². The maximum absolute atomic E-state index is 12.7. The van der Waals surface area contributed by atoms with Crippen LogP contribution in [-0.2, 0) is 32.7 Å². The number of quaternary nitrogens is 1. The molecule has 0 fully saturated rings. The van der Waals surface area contributed by atoms with Crippen molar-refractivity contribution in [3.63, 3.8) is 0 Å². The average Bonchev–Trinajstić information content (AvgIpc) is 3.15. The van der Waals surface area contributed by atoms with E-state index >= 15 is 0 Å². The van der Waals surface area contributed by atoms with Crippen LogP contribution in [0.3, 0.4) is 0 Å². The number of rotatable bonds is 43. The number of unbranched alkanes of at least 4 members (excludes halogenated alkanes) is 27. The van der Waals surface area contributed by atoms with Crippen molar-refractivity contribution in [1.82, 2.24) is 0 Å². The molecule has 0 aliphatic heterocycles. The van der Waals surface area contributed by atoms with Gasteiger partial charge in [-0.1, -0.05) is 180 Å². The second kappa shape index (κ2) is 39.2. The van der Waals surface area contributed by atoms with Gasteiger partial charge in [-0.25, -0.2) is 4.57 Å². The molecule has 0 saturated carbocycles. The number of phosphoric ester groups is 1. The van der Waals surface area contributed by atoms with Gasteiger partial charge in [-0.2, -0.15) is 0 Å². The van der Waals surface area contributed by atoms with Gasteiger partial charge in [-0.05, 0) is 38.5 Å². The van der Waals surface area contributed by atoms with Gasteiger partial charge < -0.3 is 18.9 Å². The summed E-state index contributed by atoms with van der Waals surface area (Å²) in [5.74, 6) is -0.792. The van der Waals surface area contributed by atoms with E-state index < -0.39 is 26.5 Å². The number of ether oxygens (including phenoxy) is 2. The Morgan fingerprint density at radius 2 is 0.911 bits per heavy atom. The lowest BCUT2D eigenvalue weighted by Crippen LogP contribution is -2.37. The Hall–Kier alpha value is -1.25. The molecule has 0 amide bonds. The molecular weight excluding hydrogens is 725 g/mol. The summed E-state index contributed by atoms with van der Waals surface area (Å²) in [6.07, 6.45) is 41.1. The Morgan fingerprint density at radius 1 is 0.536 bits per heavy atom. The summed E-state index contributed by atoms with van der Waals surface area (Å²) in [6, 6.07) is 0. The molecule has 1 unspecified atom stereocenters. The maximum atomic E-state index is 12.7. The number of hydrogen-bond acceptors (Lipinski definition) is 7. The molecule has 0 aromatic carbocycles. The minimum absolute atomic E-state index is 0.0341. The number of phosphoric acid groups is 1. The zero-order valence-corrected chi connectivity index (χ0v) is 38.3. The predicted octanol–water partition coefficient (Wildman–Crippen LogP) is 13.4. The lowest BCUT2D eigenvalue weighted by atomic mass is 10.0. The second-order valence-corrected chi connectivity index (χ2v) is 18.6. The van der Waals surface area contributed by atoms with Crippen LogP contribution in [0.4, 0.5) is 0 Å². The molecule has 0 aromatic heterocycles. The van der Waals surface area contributed by atoms with Gasteiger partial charge in [0.1, 0.15) is 19.8 Å².